The van der Waals surface area contributed by atoms with Crippen molar-refractivity contribution in [3.63, 3.8) is 0 Å². The molecule has 0 spiro atoms. The molecule has 1 rings (SSSR count). The molecule has 0 aromatic heterocycles. The van der Waals surface area contributed by atoms with Crippen LogP contribution in [0.5, 0.6) is 0 Å². The summed E-state index contributed by atoms with van der Waals surface area (Å²) in [6, 6.07) is -1.19. The molecule has 2 N–H and O–H groups in total. The van der Waals surface area contributed by atoms with Crippen molar-refractivity contribution in [2.24, 2.45) is 0 Å². The summed E-state index contributed by atoms with van der Waals surface area (Å²) in [6.07, 6.45) is 5.63. The molecule has 0 saturated carbocycles. The Morgan fingerprint density at radius 1 is 1.47 bits per heavy atom. The summed E-state index contributed by atoms with van der Waals surface area (Å²) >= 11 is 0. The third-order valence-electron chi connectivity index (χ3n) is 2.76. The number of urea groups is 1. The summed E-state index contributed by atoms with van der Waals surface area (Å²) in [5.74, 6) is 0.942. The largest absolute Gasteiger partial charge is 0.480 e. The second-order valence-electron chi connectivity index (χ2n) is 4.26. The quantitative estimate of drug-likeness (QED) is 0.514. The number of carboxylic acid groups (broad SMARTS) is 1. The maximum Gasteiger partial charge on any atom is 0.323 e. The predicted octanol–water partition coefficient (Wildman–Crippen LogP) is -0.707. The fraction of sp³-hybridized carbons (Fsp3) is 0.636. The van der Waals surface area contributed by atoms with Crippen molar-refractivity contribution >= 4 is 21.8 Å². The average Bonchev–Trinajstić information content (AvgIpc) is 2.66. The molecule has 1 saturated heterocycles. The number of carbonyl (C=O) groups excluding carboxylic acids is 1. The van der Waals surface area contributed by atoms with Crippen LogP contribution in [0.25, 0.3) is 0 Å². The lowest BCUT2D eigenvalue weighted by atomic mass is 10.2. The molecule has 19 heavy (non-hydrogen) atoms. The van der Waals surface area contributed by atoms with Crippen molar-refractivity contribution < 1.29 is 23.1 Å². The number of carbonyl (C=O) groups is 2. The number of rotatable bonds is 5. The SMILES string of the molecule is C#CCCNC(=O)N(CC(=O)O)C1CCS(=O)(=O)C1. The molecular weight excluding hydrogens is 272 g/mol. The fourth-order valence-corrected chi connectivity index (χ4v) is 3.61. The summed E-state index contributed by atoms with van der Waals surface area (Å²) in [7, 11) is -3.18. The van der Waals surface area contributed by atoms with Crippen LogP contribution >= 0.6 is 0 Å². The van der Waals surface area contributed by atoms with Crippen molar-refractivity contribution in [3.8, 4) is 12.3 Å². The van der Waals surface area contributed by atoms with Gasteiger partial charge in [0.1, 0.15) is 6.54 Å². The number of carboxylic acids is 1. The highest BCUT2D eigenvalue weighted by molar-refractivity contribution is 7.91. The van der Waals surface area contributed by atoms with Gasteiger partial charge in [-0.05, 0) is 6.42 Å². The van der Waals surface area contributed by atoms with E-state index in [1.54, 1.807) is 0 Å². The van der Waals surface area contributed by atoms with Crippen LogP contribution in [0.4, 0.5) is 4.79 Å². The minimum absolute atomic E-state index is 0.0224. The van der Waals surface area contributed by atoms with Crippen LogP contribution in [0.15, 0.2) is 0 Å². The highest BCUT2D eigenvalue weighted by Crippen LogP contribution is 2.17. The van der Waals surface area contributed by atoms with Crippen LogP contribution in [0.2, 0.25) is 0 Å². The molecular formula is C11H16N2O5S. The van der Waals surface area contributed by atoms with Crippen molar-refractivity contribution in [1.82, 2.24) is 10.2 Å². The first-order valence-electron chi connectivity index (χ1n) is 5.76. The molecule has 1 unspecified atom stereocenters. The van der Waals surface area contributed by atoms with Crippen molar-refractivity contribution in [2.45, 2.75) is 18.9 Å². The fourth-order valence-electron chi connectivity index (χ4n) is 1.88. The van der Waals surface area contributed by atoms with Gasteiger partial charge < -0.3 is 15.3 Å². The Kier molecular flexibility index (Phi) is 5.18. The van der Waals surface area contributed by atoms with Crippen molar-refractivity contribution in [3.05, 3.63) is 0 Å². The number of nitrogens with one attached hydrogen (secondary N) is 1. The van der Waals surface area contributed by atoms with Crippen LogP contribution in [-0.4, -0.2) is 61.1 Å². The number of hydrogen-bond donors (Lipinski definition) is 2. The molecule has 1 aliphatic heterocycles. The van der Waals surface area contributed by atoms with E-state index in [9.17, 15) is 18.0 Å². The molecule has 0 aromatic carbocycles. The summed E-state index contributed by atoms with van der Waals surface area (Å²) in [6.45, 7) is -0.299. The minimum Gasteiger partial charge on any atom is -0.480 e. The molecule has 0 bridgehead atoms. The zero-order valence-corrected chi connectivity index (χ0v) is 11.1. The number of aliphatic carboxylic acids is 1. The van der Waals surface area contributed by atoms with Gasteiger partial charge >= 0.3 is 12.0 Å². The second kappa shape index (κ2) is 6.43. The van der Waals surface area contributed by atoms with Crippen LogP contribution in [-0.2, 0) is 14.6 Å². The lowest BCUT2D eigenvalue weighted by molar-refractivity contribution is -0.138. The normalized spacial score (nSPS) is 20.5. The maximum atomic E-state index is 11.8. The Morgan fingerprint density at radius 3 is 2.63 bits per heavy atom. The number of nitrogens with zero attached hydrogens (tertiary/aromatic N) is 1. The smallest absolute Gasteiger partial charge is 0.323 e. The molecule has 1 heterocycles. The average molecular weight is 288 g/mol. The zero-order chi connectivity index (χ0) is 14.5. The van der Waals surface area contributed by atoms with Crippen LogP contribution in [0, 0.1) is 12.3 Å². The van der Waals surface area contributed by atoms with E-state index in [1.165, 1.54) is 0 Å². The zero-order valence-electron chi connectivity index (χ0n) is 10.3. The number of sulfone groups is 1. The van der Waals surface area contributed by atoms with Gasteiger partial charge in [-0.15, -0.1) is 12.3 Å². The molecule has 7 nitrogen and oxygen atoms in total. The first-order chi connectivity index (χ1) is 8.85. The van der Waals surface area contributed by atoms with E-state index in [1.807, 2.05) is 0 Å². The standard InChI is InChI=1S/C11H16N2O5S/c1-2-3-5-12-11(16)13(7-10(14)15)9-4-6-19(17,18)8-9/h1,9H,3-8H2,(H,12,16)(H,14,15). The van der Waals surface area contributed by atoms with Gasteiger partial charge in [0.05, 0.1) is 11.5 Å². The number of amides is 2. The van der Waals surface area contributed by atoms with E-state index in [2.05, 4.69) is 11.2 Å². The highest BCUT2D eigenvalue weighted by Gasteiger charge is 2.35. The van der Waals surface area contributed by atoms with Gasteiger partial charge in [-0.1, -0.05) is 0 Å². The Balaban J connectivity index is 2.69. The molecule has 2 amide bonds. The van der Waals surface area contributed by atoms with Gasteiger partial charge in [-0.3, -0.25) is 4.79 Å². The Bertz CT molecular complexity index is 494. The highest BCUT2D eigenvalue weighted by atomic mass is 32.2. The molecule has 1 fully saturated rings. The van der Waals surface area contributed by atoms with Gasteiger partial charge in [-0.25, -0.2) is 13.2 Å². The van der Waals surface area contributed by atoms with Crippen molar-refractivity contribution in [1.29, 1.82) is 0 Å². The molecule has 0 aliphatic carbocycles. The summed E-state index contributed by atoms with van der Waals surface area (Å²) in [5, 5.41) is 11.3. The van der Waals surface area contributed by atoms with E-state index >= 15 is 0 Å². The summed E-state index contributed by atoms with van der Waals surface area (Å²) in [4.78, 5) is 23.6. The monoisotopic (exact) mass is 288 g/mol. The summed E-state index contributed by atoms with van der Waals surface area (Å²) < 4.78 is 22.8. The van der Waals surface area contributed by atoms with Gasteiger partial charge in [0.15, 0.2) is 9.84 Å². The van der Waals surface area contributed by atoms with Crippen LogP contribution < -0.4 is 5.32 Å². The molecule has 106 valence electrons. The predicted molar refractivity (Wildman–Crippen MR) is 68.2 cm³/mol. The van der Waals surface area contributed by atoms with Crippen LogP contribution in [0.1, 0.15) is 12.8 Å². The lowest BCUT2D eigenvalue weighted by Gasteiger charge is -2.26. The topological polar surface area (TPSA) is 104 Å². The van der Waals surface area contributed by atoms with Gasteiger partial charge in [0.2, 0.25) is 0 Å². The first-order valence-corrected chi connectivity index (χ1v) is 7.58. The molecule has 8 heteroatoms. The first kappa shape index (κ1) is 15.3. The van der Waals surface area contributed by atoms with E-state index in [-0.39, 0.29) is 24.5 Å². The Morgan fingerprint density at radius 2 is 2.16 bits per heavy atom. The third kappa shape index (κ3) is 4.79. The second-order valence-corrected chi connectivity index (χ2v) is 6.49. The lowest BCUT2D eigenvalue weighted by Crippen LogP contribution is -2.49. The molecule has 0 radical (unpaired) electrons. The number of hydrogen-bond acceptors (Lipinski definition) is 4. The van der Waals surface area contributed by atoms with E-state index in [0.29, 0.717) is 6.42 Å². The minimum atomic E-state index is -3.18. The maximum absolute atomic E-state index is 11.8. The van der Waals surface area contributed by atoms with Crippen LogP contribution in [0.3, 0.4) is 0 Å². The van der Waals surface area contributed by atoms with Gasteiger partial charge in [0.25, 0.3) is 0 Å². The summed E-state index contributed by atoms with van der Waals surface area (Å²) in [5.41, 5.74) is 0. The van der Waals surface area contributed by atoms with E-state index in [0.717, 1.165) is 4.90 Å². The molecule has 1 atom stereocenters. The third-order valence-corrected chi connectivity index (χ3v) is 4.51. The Labute approximate surface area is 111 Å². The molecule has 0 aromatic rings. The van der Waals surface area contributed by atoms with Gasteiger partial charge in [0, 0.05) is 19.0 Å². The number of terminal acetylenes is 1. The van der Waals surface area contributed by atoms with E-state index < -0.39 is 34.4 Å². The van der Waals surface area contributed by atoms with E-state index in [4.69, 9.17) is 11.5 Å². The molecule has 1 aliphatic rings. The van der Waals surface area contributed by atoms with Crippen molar-refractivity contribution in [2.75, 3.05) is 24.6 Å². The van der Waals surface area contributed by atoms with Gasteiger partial charge in [-0.2, -0.15) is 0 Å². The Hall–Kier alpha value is -1.75.